The van der Waals surface area contributed by atoms with Crippen molar-refractivity contribution in [2.45, 2.75) is 12.1 Å². The van der Waals surface area contributed by atoms with E-state index >= 15 is 0 Å². The lowest BCUT2D eigenvalue weighted by molar-refractivity contribution is -0.110. The van der Waals surface area contributed by atoms with Gasteiger partial charge in [-0.15, -0.1) is 24.8 Å². The number of fused-ring (bicyclic) bond motifs is 1. The third-order valence-electron chi connectivity index (χ3n) is 5.24. The molecule has 2 atom stereocenters. The molecule has 0 saturated carbocycles. The van der Waals surface area contributed by atoms with Gasteiger partial charge in [0.2, 0.25) is 0 Å². The maximum atomic E-state index is 11.4. The van der Waals surface area contributed by atoms with Crippen LogP contribution >= 0.6 is 24.8 Å². The van der Waals surface area contributed by atoms with Gasteiger partial charge in [-0.2, -0.15) is 10.2 Å². The van der Waals surface area contributed by atoms with E-state index < -0.39 is 6.04 Å². The van der Waals surface area contributed by atoms with Crippen LogP contribution in [0.1, 0.15) is 11.6 Å². The SMILES string of the molecule is Cl.Cl.N[C@@H](C=O)C(c1ccccc1)N1CCN(c2cnnc3ccccc23)CC1. The fourth-order valence-electron chi connectivity index (χ4n) is 3.89. The van der Waals surface area contributed by atoms with Gasteiger partial charge in [0.05, 0.1) is 29.5 Å². The van der Waals surface area contributed by atoms with Crippen molar-refractivity contribution < 1.29 is 4.79 Å². The van der Waals surface area contributed by atoms with Crippen molar-refractivity contribution in [1.29, 1.82) is 0 Å². The smallest absolute Gasteiger partial charge is 0.138 e. The molecule has 0 amide bonds. The first-order chi connectivity index (χ1) is 13.3. The number of hydrogen-bond donors (Lipinski definition) is 1. The molecule has 29 heavy (non-hydrogen) atoms. The second-order valence-electron chi connectivity index (χ2n) is 6.84. The van der Waals surface area contributed by atoms with Crippen molar-refractivity contribution in [3.05, 3.63) is 66.4 Å². The van der Waals surface area contributed by atoms with Crippen LogP contribution in [0.15, 0.2) is 60.8 Å². The Bertz CT molecular complexity index is 914. The Morgan fingerprint density at radius 1 is 0.931 bits per heavy atom. The molecule has 1 fully saturated rings. The summed E-state index contributed by atoms with van der Waals surface area (Å²) < 4.78 is 0. The highest BCUT2D eigenvalue weighted by Gasteiger charge is 2.29. The molecule has 1 aliphatic heterocycles. The number of hydrogen-bond acceptors (Lipinski definition) is 6. The van der Waals surface area contributed by atoms with E-state index in [9.17, 15) is 4.79 Å². The van der Waals surface area contributed by atoms with E-state index in [1.165, 1.54) is 0 Å². The van der Waals surface area contributed by atoms with E-state index in [1.807, 2.05) is 54.7 Å². The van der Waals surface area contributed by atoms with Gasteiger partial charge >= 0.3 is 0 Å². The Balaban J connectivity index is 0.00000150. The summed E-state index contributed by atoms with van der Waals surface area (Å²) in [7, 11) is 0. The standard InChI is InChI=1S/C21H23N5O.2ClH/c22-18(15-27)21(16-6-2-1-3-7-16)26-12-10-25(11-13-26)20-14-23-24-19-9-5-4-8-17(19)20;;/h1-9,14-15,18,21H,10-13,22H2;2*1H/t18-,21?;;/m0../s1. The molecule has 1 aromatic heterocycles. The number of piperazine rings is 1. The van der Waals surface area contributed by atoms with Gasteiger partial charge in [0, 0.05) is 31.6 Å². The van der Waals surface area contributed by atoms with Gasteiger partial charge in [-0.05, 0) is 11.6 Å². The summed E-state index contributed by atoms with van der Waals surface area (Å²) in [4.78, 5) is 16.1. The maximum absolute atomic E-state index is 11.4. The van der Waals surface area contributed by atoms with E-state index in [1.54, 1.807) is 0 Å². The minimum atomic E-state index is -0.539. The lowest BCUT2D eigenvalue weighted by atomic mass is 9.98. The number of nitrogens with zero attached hydrogens (tertiary/aromatic N) is 4. The van der Waals surface area contributed by atoms with Crippen molar-refractivity contribution >= 4 is 47.7 Å². The topological polar surface area (TPSA) is 75.4 Å². The van der Waals surface area contributed by atoms with Crippen molar-refractivity contribution in [3.8, 4) is 0 Å². The van der Waals surface area contributed by atoms with Gasteiger partial charge in [0.25, 0.3) is 0 Å². The van der Waals surface area contributed by atoms with E-state index in [-0.39, 0.29) is 30.9 Å². The quantitative estimate of drug-likeness (QED) is 0.623. The molecule has 0 aliphatic carbocycles. The summed E-state index contributed by atoms with van der Waals surface area (Å²) in [5.41, 5.74) is 9.26. The third-order valence-corrected chi connectivity index (χ3v) is 5.24. The number of nitrogens with two attached hydrogens (primary N) is 1. The van der Waals surface area contributed by atoms with Crippen LogP contribution in [0.3, 0.4) is 0 Å². The average molecular weight is 434 g/mol. The van der Waals surface area contributed by atoms with Crippen LogP contribution < -0.4 is 10.6 Å². The summed E-state index contributed by atoms with van der Waals surface area (Å²) in [6, 6.07) is 17.5. The van der Waals surface area contributed by atoms with Gasteiger partial charge < -0.3 is 15.4 Å². The lowest BCUT2D eigenvalue weighted by Crippen LogP contribution is -2.52. The number of aldehydes is 1. The second-order valence-corrected chi connectivity index (χ2v) is 6.84. The molecule has 154 valence electrons. The number of benzene rings is 2. The first-order valence-corrected chi connectivity index (χ1v) is 9.23. The van der Waals surface area contributed by atoms with Gasteiger partial charge in [-0.25, -0.2) is 0 Å². The fraction of sp³-hybridized carbons (Fsp3) is 0.286. The van der Waals surface area contributed by atoms with Gasteiger partial charge in [0.1, 0.15) is 6.29 Å². The second kappa shape index (κ2) is 10.5. The molecule has 2 N–H and O–H groups in total. The molecular weight excluding hydrogens is 409 g/mol. The normalized spacial score (nSPS) is 16.4. The van der Waals surface area contributed by atoms with Crippen LogP contribution in [0.25, 0.3) is 10.9 Å². The summed E-state index contributed by atoms with van der Waals surface area (Å²) in [5, 5.41) is 9.49. The zero-order valence-electron chi connectivity index (χ0n) is 15.9. The highest BCUT2D eigenvalue weighted by atomic mass is 35.5. The molecule has 0 spiro atoms. The minimum Gasteiger partial charge on any atom is -0.367 e. The predicted molar refractivity (Wildman–Crippen MR) is 121 cm³/mol. The highest BCUT2D eigenvalue weighted by molar-refractivity contribution is 5.90. The molecule has 3 aromatic rings. The minimum absolute atomic E-state index is 0. The van der Waals surface area contributed by atoms with E-state index in [4.69, 9.17) is 5.73 Å². The van der Waals surface area contributed by atoms with Gasteiger partial charge in [-0.1, -0.05) is 48.5 Å². The number of anilines is 1. The summed E-state index contributed by atoms with van der Waals surface area (Å²) in [6.45, 7) is 3.37. The Hall–Kier alpha value is -2.25. The molecule has 2 heterocycles. The Morgan fingerprint density at radius 3 is 2.28 bits per heavy atom. The molecular formula is C21H25Cl2N5O. The van der Waals surface area contributed by atoms with Crippen LogP contribution in [-0.4, -0.2) is 53.6 Å². The molecule has 8 heteroatoms. The van der Waals surface area contributed by atoms with Crippen LogP contribution in [0, 0.1) is 0 Å². The molecule has 0 radical (unpaired) electrons. The van der Waals surface area contributed by atoms with Crippen molar-refractivity contribution in [3.63, 3.8) is 0 Å². The first-order valence-electron chi connectivity index (χ1n) is 9.23. The number of aromatic nitrogens is 2. The Kier molecular flexibility index (Phi) is 8.34. The fourth-order valence-corrected chi connectivity index (χ4v) is 3.89. The Morgan fingerprint density at radius 2 is 1.59 bits per heavy atom. The van der Waals surface area contributed by atoms with E-state index in [0.29, 0.717) is 0 Å². The summed E-state index contributed by atoms with van der Waals surface area (Å²) in [5.74, 6) is 0. The average Bonchev–Trinajstić information content (AvgIpc) is 2.75. The zero-order chi connectivity index (χ0) is 18.6. The Labute approximate surface area is 182 Å². The van der Waals surface area contributed by atoms with E-state index in [2.05, 4.69) is 26.1 Å². The molecule has 1 unspecified atom stereocenters. The molecule has 2 aromatic carbocycles. The van der Waals surface area contributed by atoms with Crippen LogP contribution in [0.5, 0.6) is 0 Å². The maximum Gasteiger partial charge on any atom is 0.138 e. The van der Waals surface area contributed by atoms with Crippen LogP contribution in [0.4, 0.5) is 5.69 Å². The zero-order valence-corrected chi connectivity index (χ0v) is 17.6. The van der Waals surface area contributed by atoms with Crippen molar-refractivity contribution in [2.75, 3.05) is 31.1 Å². The number of carbonyl (C=O) groups excluding carboxylic acids is 1. The van der Waals surface area contributed by atoms with Crippen LogP contribution in [-0.2, 0) is 4.79 Å². The van der Waals surface area contributed by atoms with Crippen molar-refractivity contribution in [1.82, 2.24) is 15.1 Å². The predicted octanol–water partition coefficient (Wildman–Crippen LogP) is 2.86. The highest BCUT2D eigenvalue weighted by Crippen LogP contribution is 2.28. The molecule has 4 rings (SSSR count). The number of halogens is 2. The molecule has 1 saturated heterocycles. The van der Waals surface area contributed by atoms with Gasteiger partial charge in [-0.3, -0.25) is 4.90 Å². The van der Waals surface area contributed by atoms with E-state index in [0.717, 1.165) is 54.6 Å². The lowest BCUT2D eigenvalue weighted by Gasteiger charge is -2.41. The molecule has 0 bridgehead atoms. The monoisotopic (exact) mass is 433 g/mol. The third kappa shape index (κ3) is 4.85. The van der Waals surface area contributed by atoms with Gasteiger partial charge in [0.15, 0.2) is 0 Å². The first kappa shape index (κ1) is 23.0. The summed E-state index contributed by atoms with van der Waals surface area (Å²) >= 11 is 0. The van der Waals surface area contributed by atoms with Crippen LogP contribution in [0.2, 0.25) is 0 Å². The largest absolute Gasteiger partial charge is 0.367 e. The molecule has 1 aliphatic rings. The number of rotatable bonds is 5. The summed E-state index contributed by atoms with van der Waals surface area (Å²) in [6.07, 6.45) is 2.69. The number of carbonyl (C=O) groups is 1. The molecule has 6 nitrogen and oxygen atoms in total. The van der Waals surface area contributed by atoms with Crippen molar-refractivity contribution in [2.24, 2.45) is 5.73 Å².